The molecule has 0 aliphatic heterocycles. The zero-order chi connectivity index (χ0) is 18.0. The Hall–Kier alpha value is -0.893. The van der Waals surface area contributed by atoms with Crippen LogP contribution in [0.3, 0.4) is 0 Å². The molecule has 0 aliphatic carbocycles. The second kappa shape index (κ2) is 10.9. The van der Waals surface area contributed by atoms with E-state index in [0.29, 0.717) is 44.8 Å². The van der Waals surface area contributed by atoms with Gasteiger partial charge in [-0.25, -0.2) is 13.2 Å². The largest absolute Gasteiger partial charge is 0.500 e. The highest BCUT2D eigenvalue weighted by Crippen LogP contribution is 2.21. The quantitative estimate of drug-likeness (QED) is 0.301. The van der Waals surface area contributed by atoms with Crippen LogP contribution in [0.5, 0.6) is 0 Å². The van der Waals surface area contributed by atoms with Gasteiger partial charge in [-0.15, -0.1) is 0 Å². The zero-order valence-corrected chi connectivity index (χ0v) is 15.7. The summed E-state index contributed by atoms with van der Waals surface area (Å²) in [6.07, 6.45) is 2.67. The van der Waals surface area contributed by atoms with E-state index in [1.165, 1.54) is 0 Å². The van der Waals surface area contributed by atoms with Crippen LogP contribution in [0.15, 0.2) is 12.1 Å². The van der Waals surface area contributed by atoms with Gasteiger partial charge in [0.05, 0.1) is 0 Å². The normalized spacial score (nSPS) is 11.9. The van der Waals surface area contributed by atoms with E-state index in [1.807, 2.05) is 20.8 Å². The van der Waals surface area contributed by atoms with Crippen molar-refractivity contribution in [2.24, 2.45) is 0 Å². The highest BCUT2D eigenvalue weighted by molar-refractivity contribution is 6.60. The molecule has 0 aromatic heterocycles. The van der Waals surface area contributed by atoms with Crippen molar-refractivity contribution in [3.05, 3.63) is 35.1 Å². The number of hydrogen-bond acceptors (Lipinski definition) is 3. The molecule has 0 unspecified atom stereocenters. The van der Waals surface area contributed by atoms with Crippen LogP contribution in [0, 0.1) is 17.5 Å². The maximum Gasteiger partial charge on any atom is 0.500 e. The number of aryl methyl sites for hydroxylation is 1. The van der Waals surface area contributed by atoms with Crippen molar-refractivity contribution in [1.82, 2.24) is 0 Å². The average molecular weight is 364 g/mol. The van der Waals surface area contributed by atoms with E-state index in [9.17, 15) is 13.2 Å². The molecule has 1 aromatic rings. The van der Waals surface area contributed by atoms with Gasteiger partial charge in [-0.05, 0) is 51.7 Å². The fourth-order valence-electron chi connectivity index (χ4n) is 2.59. The second-order valence-corrected chi connectivity index (χ2v) is 8.13. The molecule has 0 heterocycles. The molecule has 1 aromatic carbocycles. The van der Waals surface area contributed by atoms with Crippen molar-refractivity contribution >= 4 is 8.80 Å². The van der Waals surface area contributed by atoms with Gasteiger partial charge >= 0.3 is 8.80 Å². The maximum absolute atomic E-state index is 13.6. The van der Waals surface area contributed by atoms with E-state index >= 15 is 0 Å². The van der Waals surface area contributed by atoms with Crippen molar-refractivity contribution in [2.75, 3.05) is 19.8 Å². The predicted molar refractivity (Wildman–Crippen MR) is 89.3 cm³/mol. The molecular formula is C17H27F3O3Si. The lowest BCUT2D eigenvalue weighted by Gasteiger charge is -2.28. The summed E-state index contributed by atoms with van der Waals surface area (Å²) in [6, 6.07) is 2.23. The fourth-order valence-corrected chi connectivity index (χ4v) is 5.28. The molecule has 0 aliphatic rings. The smallest absolute Gasteiger partial charge is 0.374 e. The van der Waals surface area contributed by atoms with E-state index in [4.69, 9.17) is 13.3 Å². The molecule has 0 fully saturated rings. The van der Waals surface area contributed by atoms with E-state index in [-0.39, 0.29) is 5.56 Å². The first-order chi connectivity index (χ1) is 11.5. The van der Waals surface area contributed by atoms with E-state index in [0.717, 1.165) is 18.9 Å². The van der Waals surface area contributed by atoms with Crippen LogP contribution in [0.1, 0.15) is 45.6 Å². The molecular weight excluding hydrogens is 337 g/mol. The highest BCUT2D eigenvalue weighted by atomic mass is 28.4. The summed E-state index contributed by atoms with van der Waals surface area (Å²) >= 11 is 0. The molecule has 0 amide bonds. The Morgan fingerprint density at radius 2 is 1.29 bits per heavy atom. The van der Waals surface area contributed by atoms with Crippen molar-refractivity contribution in [3.63, 3.8) is 0 Å². The summed E-state index contributed by atoms with van der Waals surface area (Å²) in [6.45, 7) is 7.33. The maximum atomic E-state index is 13.6. The number of rotatable bonds is 12. The molecule has 0 bridgehead atoms. The Morgan fingerprint density at radius 3 is 1.83 bits per heavy atom. The van der Waals surface area contributed by atoms with Gasteiger partial charge in [0.2, 0.25) is 0 Å². The first kappa shape index (κ1) is 21.2. The minimum Gasteiger partial charge on any atom is -0.374 e. The Kier molecular flexibility index (Phi) is 9.58. The Morgan fingerprint density at radius 1 is 0.750 bits per heavy atom. The third kappa shape index (κ3) is 6.55. The van der Waals surface area contributed by atoms with E-state index in [1.54, 1.807) is 0 Å². The van der Waals surface area contributed by atoms with Crippen LogP contribution in [0.4, 0.5) is 13.2 Å². The monoisotopic (exact) mass is 364 g/mol. The number of halogens is 3. The molecule has 0 spiro atoms. The molecule has 7 heteroatoms. The third-order valence-corrected chi connectivity index (χ3v) is 6.76. The lowest BCUT2D eigenvalue weighted by atomic mass is 10.1. The summed E-state index contributed by atoms with van der Waals surface area (Å²) in [5.41, 5.74) is 0.205. The molecule has 0 N–H and O–H groups in total. The first-order valence-electron chi connectivity index (χ1n) is 8.53. The first-order valence-corrected chi connectivity index (χ1v) is 10.5. The standard InChI is InChI=1S/C17H27F3O3Si/c1-4-21-24(22-5-2,23-6-3)11-9-7-8-10-14-12-16(19)17(20)13-15(14)18/h12-13H,4-11H2,1-3H3. The zero-order valence-electron chi connectivity index (χ0n) is 14.7. The van der Waals surface area contributed by atoms with Gasteiger partial charge < -0.3 is 13.3 Å². The van der Waals surface area contributed by atoms with Crippen LogP contribution in [0.25, 0.3) is 0 Å². The average Bonchev–Trinajstić information content (AvgIpc) is 2.52. The summed E-state index contributed by atoms with van der Waals surface area (Å²) in [5.74, 6) is -2.87. The van der Waals surface area contributed by atoms with Gasteiger partial charge in [-0.1, -0.05) is 6.42 Å². The van der Waals surface area contributed by atoms with Gasteiger partial charge in [-0.2, -0.15) is 0 Å². The fraction of sp³-hybridized carbons (Fsp3) is 0.647. The van der Waals surface area contributed by atoms with Gasteiger partial charge in [0.15, 0.2) is 11.6 Å². The molecule has 0 atom stereocenters. The van der Waals surface area contributed by atoms with E-state index < -0.39 is 26.3 Å². The molecule has 1 rings (SSSR count). The SMILES string of the molecule is CCO[Si](CCCCCc1cc(F)c(F)cc1F)(OCC)OCC. The Bertz CT molecular complexity index is 483. The molecule has 0 saturated heterocycles. The second-order valence-electron chi connectivity index (χ2n) is 5.40. The van der Waals surface area contributed by atoms with Gasteiger partial charge in [0.1, 0.15) is 5.82 Å². The third-order valence-electron chi connectivity index (χ3n) is 3.61. The molecule has 24 heavy (non-hydrogen) atoms. The summed E-state index contributed by atoms with van der Waals surface area (Å²) in [5, 5.41) is 0. The van der Waals surface area contributed by atoms with Crippen LogP contribution in [-0.2, 0) is 19.7 Å². The van der Waals surface area contributed by atoms with Gasteiger partial charge in [0, 0.05) is 31.9 Å². The summed E-state index contributed by atoms with van der Waals surface area (Å²) < 4.78 is 56.9. The predicted octanol–water partition coefficient (Wildman–Crippen LogP) is 4.87. The lowest BCUT2D eigenvalue weighted by molar-refractivity contribution is 0.0706. The Labute approximate surface area is 143 Å². The van der Waals surface area contributed by atoms with Crippen LogP contribution >= 0.6 is 0 Å². The molecule has 0 saturated carbocycles. The summed E-state index contributed by atoms with van der Waals surface area (Å²) in [4.78, 5) is 0. The van der Waals surface area contributed by atoms with Gasteiger partial charge in [0.25, 0.3) is 0 Å². The van der Waals surface area contributed by atoms with Gasteiger partial charge in [-0.3, -0.25) is 0 Å². The van der Waals surface area contributed by atoms with Crippen LogP contribution < -0.4 is 0 Å². The molecule has 138 valence electrons. The molecule has 3 nitrogen and oxygen atoms in total. The van der Waals surface area contributed by atoms with Crippen LogP contribution in [-0.4, -0.2) is 28.6 Å². The van der Waals surface area contributed by atoms with E-state index in [2.05, 4.69) is 0 Å². The number of benzene rings is 1. The minimum atomic E-state index is -2.64. The van der Waals surface area contributed by atoms with Crippen molar-refractivity contribution in [3.8, 4) is 0 Å². The lowest BCUT2D eigenvalue weighted by Crippen LogP contribution is -2.45. The minimum absolute atomic E-state index is 0.205. The number of hydrogen-bond donors (Lipinski definition) is 0. The van der Waals surface area contributed by atoms with Crippen molar-refractivity contribution < 1.29 is 26.4 Å². The topological polar surface area (TPSA) is 27.7 Å². The number of unbranched alkanes of at least 4 members (excludes halogenated alkanes) is 2. The van der Waals surface area contributed by atoms with Crippen molar-refractivity contribution in [1.29, 1.82) is 0 Å². The molecule has 0 radical (unpaired) electrons. The highest BCUT2D eigenvalue weighted by Gasteiger charge is 2.39. The van der Waals surface area contributed by atoms with Crippen LogP contribution in [0.2, 0.25) is 6.04 Å². The van der Waals surface area contributed by atoms with Crippen molar-refractivity contribution in [2.45, 2.75) is 52.5 Å². The summed E-state index contributed by atoms with van der Waals surface area (Å²) in [7, 11) is -2.64. The Balaban J connectivity index is 2.47.